The van der Waals surface area contributed by atoms with Gasteiger partial charge >= 0.3 is 1.43 Å². The van der Waals surface area contributed by atoms with Gasteiger partial charge < -0.3 is 4.43 Å². The van der Waals surface area contributed by atoms with E-state index in [1.165, 1.54) is 4.88 Å². The summed E-state index contributed by atoms with van der Waals surface area (Å²) < 4.78 is 5.98. The van der Waals surface area contributed by atoms with Gasteiger partial charge in [-0.05, 0) is 50.0 Å². The first-order chi connectivity index (χ1) is 9.08. The van der Waals surface area contributed by atoms with Gasteiger partial charge in [-0.2, -0.15) is 0 Å². The van der Waals surface area contributed by atoms with Gasteiger partial charge in [0, 0.05) is 4.88 Å². The van der Waals surface area contributed by atoms with Crippen LogP contribution in [0, 0.1) is 6.92 Å². The van der Waals surface area contributed by atoms with E-state index >= 15 is 0 Å². The molecular weight excluding hydrogens is 270 g/mol. The quantitative estimate of drug-likeness (QED) is 0.592. The maximum absolute atomic E-state index is 5.98. The number of aryl methyl sites for hydroxylation is 1. The minimum absolute atomic E-state index is 0. The summed E-state index contributed by atoms with van der Waals surface area (Å²) in [4.78, 5) is 5.98. The van der Waals surface area contributed by atoms with Gasteiger partial charge in [0.05, 0.1) is 5.71 Å². The van der Waals surface area contributed by atoms with Crippen LogP contribution in [-0.4, -0.2) is 14.8 Å². The lowest BCUT2D eigenvalue weighted by molar-refractivity contribution is 0.581. The van der Waals surface area contributed by atoms with Gasteiger partial charge in [-0.1, -0.05) is 18.2 Å². The molecule has 0 saturated heterocycles. The first-order valence-electron chi connectivity index (χ1n) is 6.43. The molecule has 0 spiro atoms. The third-order valence-electron chi connectivity index (χ3n) is 2.72. The Morgan fingerprint density at radius 2 is 2.05 bits per heavy atom. The zero-order valence-corrected chi connectivity index (χ0v) is 13.8. The molecule has 1 aromatic carbocycles. The molecule has 0 radical (unpaired) electrons. The molecule has 1 aromatic heterocycles. The van der Waals surface area contributed by atoms with Gasteiger partial charge in [-0.3, -0.25) is 0 Å². The molecule has 0 unspecified atom stereocenters. The lowest BCUT2D eigenvalue weighted by Gasteiger charge is -2.14. The summed E-state index contributed by atoms with van der Waals surface area (Å²) in [5.74, 6) is 0.914. The number of nitrogens with zero attached hydrogens (tertiary/aromatic N) is 1. The van der Waals surface area contributed by atoms with Crippen molar-refractivity contribution in [3.63, 3.8) is 0 Å². The van der Waals surface area contributed by atoms with Gasteiger partial charge in [-0.15, -0.1) is 11.3 Å². The molecule has 19 heavy (non-hydrogen) atoms. The Balaban J connectivity index is 0.00000200. The predicted molar refractivity (Wildman–Crippen MR) is 88.0 cm³/mol. The lowest BCUT2D eigenvalue weighted by atomic mass is 10.2. The highest BCUT2D eigenvalue weighted by molar-refractivity contribution is 7.12. The second-order valence-corrected chi connectivity index (χ2v) is 8.04. The summed E-state index contributed by atoms with van der Waals surface area (Å²) in [5.41, 5.74) is 3.16. The monoisotopic (exact) mass is 290 g/mol. The minimum atomic E-state index is -1.12. The fraction of sp³-hybridized carbons (Fsp3) is 0.267. The molecule has 0 saturated carbocycles. The van der Waals surface area contributed by atoms with Gasteiger partial charge in [0.15, 0.2) is 0 Å². The van der Waals surface area contributed by atoms with Crippen molar-refractivity contribution < 1.29 is 5.85 Å². The van der Waals surface area contributed by atoms with Crippen molar-refractivity contribution in [2.24, 2.45) is 4.99 Å². The Labute approximate surface area is 122 Å². The number of para-hydroxylation sites is 1. The van der Waals surface area contributed by atoms with Crippen LogP contribution in [0.5, 0.6) is 5.75 Å². The largest absolute Gasteiger partial charge is 1.00 e. The Morgan fingerprint density at radius 1 is 1.26 bits per heavy atom. The third kappa shape index (κ3) is 3.55. The van der Waals surface area contributed by atoms with E-state index < -0.39 is 9.04 Å². The molecule has 0 aliphatic carbocycles. The first kappa shape index (κ1) is 14.0. The van der Waals surface area contributed by atoms with Crippen LogP contribution in [0.25, 0.3) is 0 Å². The molecule has 2 aromatic rings. The Bertz CT molecular complexity index is 582. The summed E-state index contributed by atoms with van der Waals surface area (Å²) in [6.07, 6.45) is 0. The average molecular weight is 290 g/mol. The molecule has 0 N–H and O–H groups in total. The maximum Gasteiger partial charge on any atom is 1.00 e. The molecule has 100 valence electrons. The number of hydrogen-bond acceptors (Lipinski definition) is 3. The number of aliphatic imine (C=N–C) groups is 1. The molecular formula is C15H20NOSSi+. The zero-order chi connectivity index (χ0) is 13.8. The fourth-order valence-corrected chi connectivity index (χ4v) is 3.21. The normalized spacial score (nSPS) is 11.9. The van der Waals surface area contributed by atoms with Crippen LogP contribution in [0.2, 0.25) is 13.1 Å². The predicted octanol–water partition coefficient (Wildman–Crippen LogP) is 4.67. The summed E-state index contributed by atoms with van der Waals surface area (Å²) in [7, 11) is -1.12. The standard InChI is InChI=1S/C15H19NOSSi/c1-11-7-5-8-13(17-19(3)4)15(11)16-12(2)14-9-6-10-18-14/h5-10,19H,1-4H3/p+1. The van der Waals surface area contributed by atoms with Gasteiger partial charge in [0.25, 0.3) is 0 Å². The van der Waals surface area contributed by atoms with E-state index in [4.69, 9.17) is 9.42 Å². The minimum Gasteiger partial charge on any atom is -0.546 e. The van der Waals surface area contributed by atoms with Crippen molar-refractivity contribution in [3.05, 3.63) is 46.2 Å². The van der Waals surface area contributed by atoms with E-state index in [0.29, 0.717) is 0 Å². The van der Waals surface area contributed by atoms with E-state index in [-0.39, 0.29) is 1.43 Å². The fourth-order valence-electron chi connectivity index (χ4n) is 1.83. The maximum atomic E-state index is 5.98. The number of benzene rings is 1. The van der Waals surface area contributed by atoms with E-state index in [1.807, 2.05) is 12.1 Å². The number of thiophene rings is 1. The SMILES string of the molecule is CC(=Nc1c(C)cccc1O[SiH](C)C)c1cccs1.[H+]. The zero-order valence-electron chi connectivity index (χ0n) is 12.8. The molecule has 2 rings (SSSR count). The van der Waals surface area contributed by atoms with E-state index in [9.17, 15) is 0 Å². The van der Waals surface area contributed by atoms with E-state index in [2.05, 4.69) is 50.5 Å². The Morgan fingerprint density at radius 3 is 2.68 bits per heavy atom. The van der Waals surface area contributed by atoms with Crippen molar-refractivity contribution in [1.82, 2.24) is 0 Å². The molecule has 1 heterocycles. The summed E-state index contributed by atoms with van der Waals surface area (Å²) >= 11 is 1.71. The van der Waals surface area contributed by atoms with Crippen LogP contribution in [0.4, 0.5) is 5.69 Å². The van der Waals surface area contributed by atoms with Crippen molar-refractivity contribution in [2.45, 2.75) is 26.9 Å². The summed E-state index contributed by atoms with van der Waals surface area (Å²) in [6, 6.07) is 10.3. The van der Waals surface area contributed by atoms with Crippen LogP contribution in [0.3, 0.4) is 0 Å². The molecule has 0 amide bonds. The van der Waals surface area contributed by atoms with Crippen molar-refractivity contribution in [1.29, 1.82) is 0 Å². The molecule has 2 nitrogen and oxygen atoms in total. The molecule has 0 bridgehead atoms. The van der Waals surface area contributed by atoms with Gasteiger partial charge in [0.2, 0.25) is 9.04 Å². The molecule has 0 atom stereocenters. The van der Waals surface area contributed by atoms with Gasteiger partial charge in [0.1, 0.15) is 11.4 Å². The Hall–Kier alpha value is -1.39. The second-order valence-electron chi connectivity index (χ2n) is 4.76. The third-order valence-corrected chi connectivity index (χ3v) is 4.42. The van der Waals surface area contributed by atoms with Crippen LogP contribution in [-0.2, 0) is 0 Å². The van der Waals surface area contributed by atoms with Crippen LogP contribution in [0.15, 0.2) is 40.7 Å². The molecule has 0 aliphatic heterocycles. The number of hydrogen-bond donors (Lipinski definition) is 0. The lowest BCUT2D eigenvalue weighted by Crippen LogP contribution is -2.11. The highest BCUT2D eigenvalue weighted by Gasteiger charge is 2.09. The highest BCUT2D eigenvalue weighted by atomic mass is 32.1. The van der Waals surface area contributed by atoms with Gasteiger partial charge in [-0.25, -0.2) is 4.99 Å². The van der Waals surface area contributed by atoms with E-state index in [0.717, 1.165) is 22.7 Å². The van der Waals surface area contributed by atoms with Crippen LogP contribution < -0.4 is 4.43 Å². The smallest absolute Gasteiger partial charge is 0.546 e. The van der Waals surface area contributed by atoms with Crippen molar-refractivity contribution >= 4 is 31.8 Å². The second kappa shape index (κ2) is 6.17. The summed E-state index contributed by atoms with van der Waals surface area (Å²) in [6.45, 7) is 8.47. The topological polar surface area (TPSA) is 21.6 Å². The molecule has 4 heteroatoms. The molecule has 0 fully saturated rings. The van der Waals surface area contributed by atoms with Crippen molar-refractivity contribution in [2.75, 3.05) is 0 Å². The van der Waals surface area contributed by atoms with Crippen LogP contribution >= 0.6 is 11.3 Å². The highest BCUT2D eigenvalue weighted by Crippen LogP contribution is 2.32. The van der Waals surface area contributed by atoms with Crippen LogP contribution in [0.1, 0.15) is 18.8 Å². The first-order valence-corrected chi connectivity index (χ1v) is 10.1. The molecule has 0 aliphatic rings. The van der Waals surface area contributed by atoms with Crippen molar-refractivity contribution in [3.8, 4) is 5.75 Å². The Kier molecular flexibility index (Phi) is 4.55. The number of rotatable bonds is 4. The average Bonchev–Trinajstić information content (AvgIpc) is 2.86. The van der Waals surface area contributed by atoms with E-state index in [1.54, 1.807) is 11.3 Å². The summed E-state index contributed by atoms with van der Waals surface area (Å²) in [5, 5.41) is 2.07.